The average molecular weight is 353 g/mol. The molecular formula is C18H19N5O3. The van der Waals surface area contributed by atoms with E-state index >= 15 is 0 Å². The smallest absolute Gasteiger partial charge is 0.255 e. The summed E-state index contributed by atoms with van der Waals surface area (Å²) in [7, 11) is 1.65. The molecule has 0 bridgehead atoms. The first-order valence-corrected chi connectivity index (χ1v) is 8.36. The van der Waals surface area contributed by atoms with Gasteiger partial charge in [0.15, 0.2) is 5.76 Å². The second-order valence-electron chi connectivity index (χ2n) is 6.29. The van der Waals surface area contributed by atoms with E-state index in [0.29, 0.717) is 35.8 Å². The van der Waals surface area contributed by atoms with Gasteiger partial charge in [-0.1, -0.05) is 0 Å². The van der Waals surface area contributed by atoms with Crippen LogP contribution in [-0.2, 0) is 4.74 Å². The number of aromatic nitrogens is 4. The number of ether oxygens (including phenoxy) is 1. The van der Waals surface area contributed by atoms with Crippen LogP contribution in [0.1, 0.15) is 27.7 Å². The van der Waals surface area contributed by atoms with Crippen LogP contribution in [0.5, 0.6) is 0 Å². The van der Waals surface area contributed by atoms with Gasteiger partial charge in [-0.05, 0) is 31.2 Å². The summed E-state index contributed by atoms with van der Waals surface area (Å²) >= 11 is 0. The van der Waals surface area contributed by atoms with E-state index in [9.17, 15) is 4.79 Å². The molecule has 0 saturated carbocycles. The number of aryl methyl sites for hydroxylation is 1. The van der Waals surface area contributed by atoms with Crippen molar-refractivity contribution < 1.29 is 13.9 Å². The number of carbonyl (C=O) groups is 1. The van der Waals surface area contributed by atoms with Gasteiger partial charge in [0.05, 0.1) is 41.4 Å². The van der Waals surface area contributed by atoms with Crippen molar-refractivity contribution in [3.05, 3.63) is 53.7 Å². The highest BCUT2D eigenvalue weighted by Gasteiger charge is 2.38. The molecule has 26 heavy (non-hydrogen) atoms. The standard InChI is InChI=1S/C18H19N5O3/c1-11-12(5-6-14(20-11)16-4-3-7-26-16)18(24)23-9-13(17(10-23)25-2)15-8-19-22-21-15/h3-8,13,17H,9-10H2,1-2H3,(H,19,21,22)/t13-,17+/m0/s1. The van der Waals surface area contributed by atoms with Gasteiger partial charge in [-0.25, -0.2) is 4.98 Å². The molecule has 1 fully saturated rings. The van der Waals surface area contributed by atoms with Gasteiger partial charge in [-0.2, -0.15) is 15.4 Å². The monoisotopic (exact) mass is 353 g/mol. The first kappa shape index (κ1) is 16.5. The van der Waals surface area contributed by atoms with Crippen LogP contribution in [0.2, 0.25) is 0 Å². The molecule has 4 rings (SSSR count). The van der Waals surface area contributed by atoms with E-state index in [2.05, 4.69) is 20.4 Å². The van der Waals surface area contributed by atoms with Gasteiger partial charge in [-0.3, -0.25) is 4.79 Å². The summed E-state index contributed by atoms with van der Waals surface area (Å²) < 4.78 is 10.9. The summed E-state index contributed by atoms with van der Waals surface area (Å²) in [5.74, 6) is 0.617. The lowest BCUT2D eigenvalue weighted by molar-refractivity contribution is 0.0713. The van der Waals surface area contributed by atoms with E-state index < -0.39 is 0 Å². The predicted octanol–water partition coefficient (Wildman–Crippen LogP) is 2.02. The summed E-state index contributed by atoms with van der Waals surface area (Å²) in [6, 6.07) is 7.26. The van der Waals surface area contributed by atoms with Crippen LogP contribution in [0.4, 0.5) is 0 Å². The molecule has 0 spiro atoms. The van der Waals surface area contributed by atoms with E-state index in [1.807, 2.05) is 19.1 Å². The second kappa shape index (κ2) is 6.72. The van der Waals surface area contributed by atoms with Crippen molar-refractivity contribution in [2.75, 3.05) is 20.2 Å². The van der Waals surface area contributed by atoms with Crippen molar-refractivity contribution in [3.8, 4) is 11.5 Å². The number of H-pyrrole nitrogens is 1. The zero-order chi connectivity index (χ0) is 18.1. The zero-order valence-corrected chi connectivity index (χ0v) is 14.5. The number of rotatable bonds is 4. The maximum absolute atomic E-state index is 13.0. The Kier molecular flexibility index (Phi) is 4.26. The normalized spacial score (nSPS) is 19.8. The molecule has 0 aromatic carbocycles. The summed E-state index contributed by atoms with van der Waals surface area (Å²) in [4.78, 5) is 19.3. The SMILES string of the molecule is CO[C@@H]1CN(C(=O)c2ccc(-c3ccco3)nc2C)C[C@H]1c1cn[nH]n1. The third kappa shape index (κ3) is 2.88. The average Bonchev–Trinajstić information content (AvgIpc) is 3.41. The lowest BCUT2D eigenvalue weighted by atomic mass is 10.0. The van der Waals surface area contributed by atoms with Crippen molar-refractivity contribution in [1.82, 2.24) is 25.3 Å². The Morgan fingerprint density at radius 1 is 1.35 bits per heavy atom. The number of pyridine rings is 1. The van der Waals surface area contributed by atoms with E-state index in [0.717, 1.165) is 5.69 Å². The Labute approximate surface area is 150 Å². The molecule has 3 aromatic heterocycles. The van der Waals surface area contributed by atoms with Gasteiger partial charge in [0.25, 0.3) is 5.91 Å². The maximum Gasteiger partial charge on any atom is 0.255 e. The number of amides is 1. The third-order valence-corrected chi connectivity index (χ3v) is 4.76. The Balaban J connectivity index is 1.56. The number of nitrogens with one attached hydrogen (secondary N) is 1. The molecule has 134 valence electrons. The maximum atomic E-state index is 13.0. The number of likely N-dealkylation sites (tertiary alicyclic amines) is 1. The van der Waals surface area contributed by atoms with E-state index in [1.54, 1.807) is 36.6 Å². The van der Waals surface area contributed by atoms with Gasteiger partial charge in [-0.15, -0.1) is 0 Å². The highest BCUT2D eigenvalue weighted by Crippen LogP contribution is 2.29. The molecule has 0 unspecified atom stereocenters. The topological polar surface area (TPSA) is 97.1 Å². The van der Waals surface area contributed by atoms with Crippen LogP contribution in [0, 0.1) is 6.92 Å². The molecule has 3 aromatic rings. The summed E-state index contributed by atoms with van der Waals surface area (Å²) in [6.07, 6.45) is 3.17. The molecule has 4 heterocycles. The summed E-state index contributed by atoms with van der Waals surface area (Å²) in [5.41, 5.74) is 2.76. The highest BCUT2D eigenvalue weighted by atomic mass is 16.5. The van der Waals surface area contributed by atoms with Crippen molar-refractivity contribution >= 4 is 5.91 Å². The van der Waals surface area contributed by atoms with Gasteiger partial charge in [0.2, 0.25) is 0 Å². The lowest BCUT2D eigenvalue weighted by Gasteiger charge is -2.17. The fraction of sp³-hybridized carbons (Fsp3) is 0.333. The van der Waals surface area contributed by atoms with E-state index in [4.69, 9.17) is 9.15 Å². The highest BCUT2D eigenvalue weighted by molar-refractivity contribution is 5.95. The van der Waals surface area contributed by atoms with Crippen molar-refractivity contribution in [2.24, 2.45) is 0 Å². The van der Waals surface area contributed by atoms with Crippen LogP contribution in [0.25, 0.3) is 11.5 Å². The molecule has 1 aliphatic rings. The molecule has 0 aliphatic carbocycles. The lowest BCUT2D eigenvalue weighted by Crippen LogP contribution is -2.30. The molecule has 1 saturated heterocycles. The summed E-state index contributed by atoms with van der Waals surface area (Å²) in [5, 5.41) is 10.6. The van der Waals surface area contributed by atoms with Gasteiger partial charge < -0.3 is 14.1 Å². The molecule has 8 nitrogen and oxygen atoms in total. The van der Waals surface area contributed by atoms with Crippen molar-refractivity contribution in [2.45, 2.75) is 18.9 Å². The minimum Gasteiger partial charge on any atom is -0.463 e. The predicted molar refractivity (Wildman–Crippen MR) is 92.5 cm³/mol. The van der Waals surface area contributed by atoms with E-state index in [-0.39, 0.29) is 17.9 Å². The fourth-order valence-corrected chi connectivity index (χ4v) is 3.37. The number of hydrogen-bond acceptors (Lipinski definition) is 6. The molecule has 1 N–H and O–H groups in total. The van der Waals surface area contributed by atoms with Crippen LogP contribution in [0.15, 0.2) is 41.1 Å². The first-order valence-electron chi connectivity index (χ1n) is 8.36. The van der Waals surface area contributed by atoms with Crippen LogP contribution >= 0.6 is 0 Å². The van der Waals surface area contributed by atoms with Crippen LogP contribution in [0.3, 0.4) is 0 Å². The van der Waals surface area contributed by atoms with Crippen LogP contribution in [-0.4, -0.2) is 57.5 Å². The Bertz CT molecular complexity index is 892. The summed E-state index contributed by atoms with van der Waals surface area (Å²) in [6.45, 7) is 2.87. The van der Waals surface area contributed by atoms with Gasteiger partial charge in [0.1, 0.15) is 5.69 Å². The third-order valence-electron chi connectivity index (χ3n) is 4.76. The first-order chi connectivity index (χ1) is 12.7. The minimum absolute atomic E-state index is 0.00152. The van der Waals surface area contributed by atoms with Crippen molar-refractivity contribution in [3.63, 3.8) is 0 Å². The molecule has 1 aliphatic heterocycles. The van der Waals surface area contributed by atoms with Gasteiger partial charge in [0, 0.05) is 20.2 Å². The number of nitrogens with zero attached hydrogens (tertiary/aromatic N) is 4. The molecule has 8 heteroatoms. The number of methoxy groups -OCH3 is 1. The number of aromatic amines is 1. The minimum atomic E-state index is -0.111. The molecule has 0 radical (unpaired) electrons. The van der Waals surface area contributed by atoms with Crippen LogP contribution < -0.4 is 0 Å². The second-order valence-corrected chi connectivity index (χ2v) is 6.29. The molecular weight excluding hydrogens is 334 g/mol. The Morgan fingerprint density at radius 3 is 2.88 bits per heavy atom. The molecule has 1 amide bonds. The zero-order valence-electron chi connectivity index (χ0n) is 14.5. The fourth-order valence-electron chi connectivity index (χ4n) is 3.37. The number of carbonyl (C=O) groups excluding carboxylic acids is 1. The van der Waals surface area contributed by atoms with E-state index in [1.165, 1.54) is 0 Å². The van der Waals surface area contributed by atoms with Gasteiger partial charge >= 0.3 is 0 Å². The largest absolute Gasteiger partial charge is 0.463 e. The Morgan fingerprint density at radius 2 is 2.23 bits per heavy atom. The molecule has 2 atom stereocenters. The van der Waals surface area contributed by atoms with Crippen molar-refractivity contribution in [1.29, 1.82) is 0 Å². The quantitative estimate of drug-likeness (QED) is 0.771. The Hall–Kier alpha value is -3.00. The number of furan rings is 1. The number of hydrogen-bond donors (Lipinski definition) is 1.